The smallest absolute Gasteiger partial charge is 0.264 e. The van der Waals surface area contributed by atoms with Crippen molar-refractivity contribution in [3.8, 4) is 0 Å². The highest BCUT2D eigenvalue weighted by Gasteiger charge is 2.16. The largest absolute Gasteiger partial charge is 0.378 e. The van der Waals surface area contributed by atoms with E-state index in [0.29, 0.717) is 6.54 Å². The Morgan fingerprint density at radius 3 is 2.58 bits per heavy atom. The number of hydrogen-bond acceptors (Lipinski definition) is 4. The summed E-state index contributed by atoms with van der Waals surface area (Å²) < 4.78 is 6.55. The Morgan fingerprint density at radius 1 is 1.12 bits per heavy atom. The average molecular weight is 366 g/mol. The third-order valence-corrected chi connectivity index (χ3v) is 5.82. The molecular weight excluding hydrogens is 344 g/mol. The Labute approximate surface area is 157 Å². The van der Waals surface area contributed by atoms with Gasteiger partial charge in [0.05, 0.1) is 18.1 Å². The van der Waals surface area contributed by atoms with E-state index in [2.05, 4.69) is 35.2 Å². The SMILES string of the molecule is CN(Cc1ccc(N2CCOCC2)cc1)C(=O)c1cc2ccccc2s1. The van der Waals surface area contributed by atoms with Crippen molar-refractivity contribution in [2.24, 2.45) is 0 Å². The van der Waals surface area contributed by atoms with Crippen molar-refractivity contribution in [2.45, 2.75) is 6.54 Å². The van der Waals surface area contributed by atoms with Crippen LogP contribution in [0.25, 0.3) is 10.1 Å². The summed E-state index contributed by atoms with van der Waals surface area (Å²) in [7, 11) is 1.86. The lowest BCUT2D eigenvalue weighted by atomic mass is 10.1. The van der Waals surface area contributed by atoms with Crippen molar-refractivity contribution in [1.29, 1.82) is 0 Å². The van der Waals surface area contributed by atoms with Crippen LogP contribution >= 0.6 is 11.3 Å². The van der Waals surface area contributed by atoms with Crippen molar-refractivity contribution in [3.63, 3.8) is 0 Å². The highest BCUT2D eigenvalue weighted by atomic mass is 32.1. The van der Waals surface area contributed by atoms with E-state index in [0.717, 1.165) is 46.8 Å². The number of nitrogens with zero attached hydrogens (tertiary/aromatic N) is 2. The summed E-state index contributed by atoms with van der Waals surface area (Å²) in [5.74, 6) is 0.0726. The van der Waals surface area contributed by atoms with Crippen LogP contribution < -0.4 is 4.90 Å². The Balaban J connectivity index is 1.43. The number of thiophene rings is 1. The van der Waals surface area contributed by atoms with Gasteiger partial charge in [-0.1, -0.05) is 30.3 Å². The molecule has 0 bridgehead atoms. The zero-order chi connectivity index (χ0) is 17.9. The van der Waals surface area contributed by atoms with E-state index in [-0.39, 0.29) is 5.91 Å². The molecule has 1 saturated heterocycles. The maximum atomic E-state index is 12.7. The number of amides is 1. The zero-order valence-electron chi connectivity index (χ0n) is 14.9. The molecule has 26 heavy (non-hydrogen) atoms. The molecule has 2 heterocycles. The van der Waals surface area contributed by atoms with Crippen LogP contribution in [-0.2, 0) is 11.3 Å². The fourth-order valence-electron chi connectivity index (χ4n) is 3.25. The van der Waals surface area contributed by atoms with Crippen LogP contribution in [0.15, 0.2) is 54.6 Å². The van der Waals surface area contributed by atoms with E-state index in [4.69, 9.17) is 4.74 Å². The molecule has 0 N–H and O–H groups in total. The monoisotopic (exact) mass is 366 g/mol. The van der Waals surface area contributed by atoms with E-state index < -0.39 is 0 Å². The molecule has 0 atom stereocenters. The minimum Gasteiger partial charge on any atom is -0.378 e. The molecule has 4 rings (SSSR count). The number of hydrogen-bond donors (Lipinski definition) is 0. The van der Waals surface area contributed by atoms with E-state index in [1.165, 1.54) is 5.69 Å². The normalized spacial score (nSPS) is 14.6. The fourth-order valence-corrected chi connectivity index (χ4v) is 4.31. The molecule has 4 nitrogen and oxygen atoms in total. The lowest BCUT2D eigenvalue weighted by Gasteiger charge is -2.29. The highest BCUT2D eigenvalue weighted by molar-refractivity contribution is 7.20. The number of carbonyl (C=O) groups excluding carboxylic acids is 1. The molecular formula is C21H22N2O2S. The summed E-state index contributed by atoms with van der Waals surface area (Å²) in [4.78, 5) is 17.7. The maximum Gasteiger partial charge on any atom is 0.264 e. The van der Waals surface area contributed by atoms with Crippen molar-refractivity contribution in [3.05, 3.63) is 65.0 Å². The maximum absolute atomic E-state index is 12.7. The van der Waals surface area contributed by atoms with E-state index in [1.54, 1.807) is 16.2 Å². The molecule has 0 radical (unpaired) electrons. The molecule has 1 aliphatic rings. The minimum atomic E-state index is 0.0726. The summed E-state index contributed by atoms with van der Waals surface area (Å²) in [6.07, 6.45) is 0. The van der Waals surface area contributed by atoms with Gasteiger partial charge in [-0.25, -0.2) is 0 Å². The Hall–Kier alpha value is -2.37. The van der Waals surface area contributed by atoms with Gasteiger partial charge in [-0.15, -0.1) is 11.3 Å². The molecule has 1 fully saturated rings. The Bertz CT molecular complexity index is 865. The van der Waals surface area contributed by atoms with Crippen LogP contribution in [0.2, 0.25) is 0 Å². The average Bonchev–Trinajstić information content (AvgIpc) is 3.13. The number of benzene rings is 2. The fraction of sp³-hybridized carbons (Fsp3) is 0.286. The summed E-state index contributed by atoms with van der Waals surface area (Å²) in [5, 5.41) is 1.13. The number of ether oxygens (including phenoxy) is 1. The molecule has 134 valence electrons. The van der Waals surface area contributed by atoms with E-state index in [1.807, 2.05) is 31.3 Å². The van der Waals surface area contributed by atoms with Gasteiger partial charge in [0.15, 0.2) is 0 Å². The molecule has 3 aromatic rings. The summed E-state index contributed by atoms with van der Waals surface area (Å²) >= 11 is 1.56. The first-order valence-electron chi connectivity index (χ1n) is 8.86. The van der Waals surface area contributed by atoms with Gasteiger partial charge in [0.25, 0.3) is 5.91 Å². The van der Waals surface area contributed by atoms with Gasteiger partial charge < -0.3 is 14.5 Å². The quantitative estimate of drug-likeness (QED) is 0.699. The van der Waals surface area contributed by atoms with Crippen LogP contribution in [0.3, 0.4) is 0 Å². The lowest BCUT2D eigenvalue weighted by molar-refractivity contribution is 0.0790. The van der Waals surface area contributed by atoms with Gasteiger partial charge in [0.2, 0.25) is 0 Å². The topological polar surface area (TPSA) is 32.8 Å². The molecule has 1 amide bonds. The zero-order valence-corrected chi connectivity index (χ0v) is 15.7. The molecule has 1 aliphatic heterocycles. The van der Waals surface area contributed by atoms with Crippen molar-refractivity contribution in [1.82, 2.24) is 4.90 Å². The van der Waals surface area contributed by atoms with E-state index in [9.17, 15) is 4.79 Å². The van der Waals surface area contributed by atoms with E-state index >= 15 is 0 Å². The second-order valence-electron chi connectivity index (χ2n) is 6.58. The lowest BCUT2D eigenvalue weighted by Crippen LogP contribution is -2.36. The first-order valence-corrected chi connectivity index (χ1v) is 9.68. The van der Waals surface area contributed by atoms with Gasteiger partial charge in [-0.3, -0.25) is 4.79 Å². The Kier molecular flexibility index (Phi) is 4.91. The highest BCUT2D eigenvalue weighted by Crippen LogP contribution is 2.26. The molecule has 0 aliphatic carbocycles. The predicted molar refractivity (Wildman–Crippen MR) is 107 cm³/mol. The summed E-state index contributed by atoms with van der Waals surface area (Å²) in [6.45, 7) is 4.05. The minimum absolute atomic E-state index is 0.0726. The number of fused-ring (bicyclic) bond motifs is 1. The van der Waals surface area contributed by atoms with Gasteiger partial charge in [0, 0.05) is 37.1 Å². The van der Waals surface area contributed by atoms with Crippen LogP contribution in [0.5, 0.6) is 0 Å². The molecule has 0 spiro atoms. The van der Waals surface area contributed by atoms with Gasteiger partial charge >= 0.3 is 0 Å². The summed E-state index contributed by atoms with van der Waals surface area (Å²) in [6, 6.07) is 18.6. The first-order chi connectivity index (χ1) is 12.7. The van der Waals surface area contributed by atoms with Crippen LogP contribution in [0.4, 0.5) is 5.69 Å². The van der Waals surface area contributed by atoms with Gasteiger partial charge in [-0.05, 0) is 35.2 Å². The third kappa shape index (κ3) is 3.59. The molecule has 0 saturated carbocycles. The third-order valence-electron chi connectivity index (χ3n) is 4.72. The Morgan fingerprint density at radius 2 is 1.85 bits per heavy atom. The second-order valence-corrected chi connectivity index (χ2v) is 7.66. The number of rotatable bonds is 4. The van der Waals surface area contributed by atoms with Crippen LogP contribution in [0.1, 0.15) is 15.2 Å². The number of anilines is 1. The molecule has 2 aromatic carbocycles. The van der Waals surface area contributed by atoms with Crippen LogP contribution in [-0.4, -0.2) is 44.2 Å². The van der Waals surface area contributed by atoms with Crippen molar-refractivity contribution < 1.29 is 9.53 Å². The second kappa shape index (κ2) is 7.48. The van der Waals surface area contributed by atoms with Crippen LogP contribution in [0, 0.1) is 0 Å². The van der Waals surface area contributed by atoms with Gasteiger partial charge in [0.1, 0.15) is 0 Å². The van der Waals surface area contributed by atoms with Gasteiger partial charge in [-0.2, -0.15) is 0 Å². The molecule has 0 unspecified atom stereocenters. The predicted octanol–water partition coefficient (Wildman–Crippen LogP) is 4.01. The number of morpholine rings is 1. The van der Waals surface area contributed by atoms with Crippen molar-refractivity contribution >= 4 is 33.0 Å². The number of carbonyl (C=O) groups is 1. The van der Waals surface area contributed by atoms with Crippen molar-refractivity contribution in [2.75, 3.05) is 38.3 Å². The molecule has 5 heteroatoms. The molecule has 1 aromatic heterocycles. The summed E-state index contributed by atoms with van der Waals surface area (Å²) in [5.41, 5.74) is 2.36. The first kappa shape index (κ1) is 17.1. The standard InChI is InChI=1S/C21H22N2O2S/c1-22(21(24)20-14-17-4-2-3-5-19(17)26-20)15-16-6-8-18(9-7-16)23-10-12-25-13-11-23/h2-9,14H,10-13,15H2,1H3.